The molecule has 0 aromatic carbocycles. The Hall–Kier alpha value is -1.42. The van der Waals surface area contributed by atoms with E-state index in [4.69, 9.17) is 0 Å². The lowest BCUT2D eigenvalue weighted by Crippen LogP contribution is -2.11. The van der Waals surface area contributed by atoms with Crippen LogP contribution < -0.4 is 5.32 Å². The second kappa shape index (κ2) is 3.75. The molecule has 0 saturated heterocycles. The summed E-state index contributed by atoms with van der Waals surface area (Å²) in [4.78, 5) is 8.48. The van der Waals surface area contributed by atoms with Gasteiger partial charge in [-0.3, -0.25) is 4.40 Å². The molecule has 0 fully saturated rings. The van der Waals surface area contributed by atoms with Crippen molar-refractivity contribution in [1.29, 1.82) is 0 Å². The highest BCUT2D eigenvalue weighted by molar-refractivity contribution is 5.32. The van der Waals surface area contributed by atoms with E-state index in [1.54, 1.807) is 0 Å². The van der Waals surface area contributed by atoms with Crippen LogP contribution in [0.25, 0.3) is 5.78 Å². The van der Waals surface area contributed by atoms with Crippen molar-refractivity contribution in [2.24, 2.45) is 0 Å². The van der Waals surface area contributed by atoms with Gasteiger partial charge in [0, 0.05) is 31.1 Å². The van der Waals surface area contributed by atoms with E-state index >= 15 is 0 Å². The van der Waals surface area contributed by atoms with Gasteiger partial charge in [0.05, 0.1) is 6.20 Å². The summed E-state index contributed by atoms with van der Waals surface area (Å²) in [5, 5.41) is 3.12. The second-order valence-corrected chi connectivity index (χ2v) is 3.40. The van der Waals surface area contributed by atoms with Crippen LogP contribution in [0.4, 0.5) is 0 Å². The first kappa shape index (κ1) is 9.15. The summed E-state index contributed by atoms with van der Waals surface area (Å²) in [7, 11) is 1.95. The van der Waals surface area contributed by atoms with Crippen LogP contribution >= 0.6 is 0 Å². The fourth-order valence-corrected chi connectivity index (χ4v) is 1.46. The molecule has 0 aliphatic heterocycles. The van der Waals surface area contributed by atoms with Crippen molar-refractivity contribution in [2.45, 2.75) is 13.3 Å². The average Bonchev–Trinajstić information content (AvgIpc) is 2.57. The molecule has 0 bridgehead atoms. The molecular weight excluding hydrogens is 176 g/mol. The molecule has 0 atom stereocenters. The van der Waals surface area contributed by atoms with Crippen LogP contribution in [-0.2, 0) is 6.42 Å². The number of imidazole rings is 1. The third-order valence-electron chi connectivity index (χ3n) is 2.20. The van der Waals surface area contributed by atoms with Crippen molar-refractivity contribution in [1.82, 2.24) is 19.7 Å². The smallest absolute Gasteiger partial charge is 0.233 e. The minimum atomic E-state index is 0.779. The first-order chi connectivity index (χ1) is 6.81. The minimum Gasteiger partial charge on any atom is -0.319 e. The SMILES string of the molecule is CNCCc1cnc2ncc(C)cn12. The van der Waals surface area contributed by atoms with Crippen LogP contribution in [0.15, 0.2) is 18.6 Å². The monoisotopic (exact) mass is 190 g/mol. The lowest BCUT2D eigenvalue weighted by molar-refractivity contribution is 0.769. The van der Waals surface area contributed by atoms with Crippen LogP contribution in [0.5, 0.6) is 0 Å². The van der Waals surface area contributed by atoms with Gasteiger partial charge in [-0.2, -0.15) is 0 Å². The summed E-state index contributed by atoms with van der Waals surface area (Å²) in [5.41, 5.74) is 2.35. The van der Waals surface area contributed by atoms with Crippen molar-refractivity contribution in [2.75, 3.05) is 13.6 Å². The van der Waals surface area contributed by atoms with Gasteiger partial charge in [-0.25, -0.2) is 9.97 Å². The Bertz CT molecular complexity index is 433. The molecule has 2 aromatic rings. The Morgan fingerprint density at radius 1 is 1.36 bits per heavy atom. The minimum absolute atomic E-state index is 0.779. The summed E-state index contributed by atoms with van der Waals surface area (Å²) in [6.45, 7) is 3.00. The predicted molar refractivity (Wildman–Crippen MR) is 55.4 cm³/mol. The molecule has 0 aliphatic rings. The van der Waals surface area contributed by atoms with Crippen molar-refractivity contribution < 1.29 is 0 Å². The Kier molecular flexibility index (Phi) is 2.45. The molecule has 14 heavy (non-hydrogen) atoms. The van der Waals surface area contributed by atoms with Crippen LogP contribution in [0.2, 0.25) is 0 Å². The number of nitrogens with one attached hydrogen (secondary N) is 1. The van der Waals surface area contributed by atoms with Gasteiger partial charge >= 0.3 is 0 Å². The number of fused-ring (bicyclic) bond motifs is 1. The van der Waals surface area contributed by atoms with Gasteiger partial charge in [0.2, 0.25) is 5.78 Å². The van der Waals surface area contributed by atoms with E-state index in [2.05, 4.69) is 21.5 Å². The zero-order valence-corrected chi connectivity index (χ0v) is 8.49. The van der Waals surface area contributed by atoms with Crippen LogP contribution in [0.3, 0.4) is 0 Å². The molecule has 2 rings (SSSR count). The highest BCUT2D eigenvalue weighted by Gasteiger charge is 2.02. The van der Waals surface area contributed by atoms with Crippen LogP contribution in [0, 0.1) is 6.92 Å². The van der Waals surface area contributed by atoms with E-state index in [9.17, 15) is 0 Å². The summed E-state index contributed by atoms with van der Waals surface area (Å²) >= 11 is 0. The molecule has 1 N–H and O–H groups in total. The number of hydrogen-bond donors (Lipinski definition) is 1. The van der Waals surface area contributed by atoms with E-state index < -0.39 is 0 Å². The van der Waals surface area contributed by atoms with E-state index in [1.165, 1.54) is 5.69 Å². The number of nitrogens with zero attached hydrogens (tertiary/aromatic N) is 3. The largest absolute Gasteiger partial charge is 0.319 e. The van der Waals surface area contributed by atoms with Gasteiger partial charge in [-0.15, -0.1) is 0 Å². The van der Waals surface area contributed by atoms with Crippen molar-refractivity contribution in [3.8, 4) is 0 Å². The molecule has 4 heteroatoms. The van der Waals surface area contributed by atoms with Crippen LogP contribution in [-0.4, -0.2) is 28.0 Å². The quantitative estimate of drug-likeness (QED) is 0.778. The fraction of sp³-hybridized carbons (Fsp3) is 0.400. The number of rotatable bonds is 3. The van der Waals surface area contributed by atoms with E-state index in [0.717, 1.165) is 24.3 Å². The first-order valence-corrected chi connectivity index (χ1v) is 4.74. The number of aromatic nitrogens is 3. The third-order valence-corrected chi connectivity index (χ3v) is 2.20. The molecule has 0 aliphatic carbocycles. The highest BCUT2D eigenvalue weighted by atomic mass is 15.1. The molecule has 0 unspecified atom stereocenters. The fourth-order valence-electron chi connectivity index (χ4n) is 1.46. The van der Waals surface area contributed by atoms with Gasteiger partial charge in [0.25, 0.3) is 0 Å². The molecule has 0 radical (unpaired) electrons. The first-order valence-electron chi connectivity index (χ1n) is 4.74. The Labute approximate surface area is 83.0 Å². The summed E-state index contributed by atoms with van der Waals surface area (Å²) < 4.78 is 2.05. The van der Waals surface area contributed by atoms with Crippen molar-refractivity contribution in [3.05, 3.63) is 29.8 Å². The molecule has 0 saturated carbocycles. The summed E-state index contributed by atoms with van der Waals surface area (Å²) in [6.07, 6.45) is 6.77. The predicted octanol–water partition coefficient (Wildman–Crippen LogP) is 0.800. The highest BCUT2D eigenvalue weighted by Crippen LogP contribution is 2.05. The molecule has 2 aromatic heterocycles. The average molecular weight is 190 g/mol. The lowest BCUT2D eigenvalue weighted by atomic mass is 10.3. The number of aryl methyl sites for hydroxylation is 1. The molecule has 0 amide bonds. The van der Waals surface area contributed by atoms with E-state index in [1.807, 2.05) is 30.8 Å². The van der Waals surface area contributed by atoms with Gasteiger partial charge in [0.15, 0.2) is 0 Å². The van der Waals surface area contributed by atoms with Crippen LogP contribution in [0.1, 0.15) is 11.3 Å². The van der Waals surface area contributed by atoms with E-state index in [0.29, 0.717) is 0 Å². The molecule has 74 valence electrons. The van der Waals surface area contributed by atoms with Gasteiger partial charge < -0.3 is 5.32 Å². The molecular formula is C10H14N4. The van der Waals surface area contributed by atoms with Gasteiger partial charge in [-0.1, -0.05) is 0 Å². The van der Waals surface area contributed by atoms with Gasteiger partial charge in [-0.05, 0) is 19.5 Å². The molecule has 2 heterocycles. The standard InChI is InChI=1S/C10H14N4/c1-8-5-12-10-13-6-9(3-4-11-2)14(10)7-8/h5-7,11H,3-4H2,1-2H3. The topological polar surface area (TPSA) is 42.2 Å². The Morgan fingerprint density at radius 2 is 2.14 bits per heavy atom. The normalized spacial score (nSPS) is 11.0. The molecule has 0 spiro atoms. The maximum Gasteiger partial charge on any atom is 0.233 e. The maximum atomic E-state index is 4.24. The zero-order valence-electron chi connectivity index (χ0n) is 8.49. The number of likely N-dealkylation sites (N-methyl/N-ethyl adjacent to an activating group) is 1. The summed E-state index contributed by atoms with van der Waals surface area (Å²) in [6, 6.07) is 0. The van der Waals surface area contributed by atoms with E-state index in [-0.39, 0.29) is 0 Å². The number of hydrogen-bond acceptors (Lipinski definition) is 3. The zero-order chi connectivity index (χ0) is 9.97. The Balaban J connectivity index is 2.40. The van der Waals surface area contributed by atoms with Crippen molar-refractivity contribution >= 4 is 5.78 Å². The van der Waals surface area contributed by atoms with Crippen molar-refractivity contribution in [3.63, 3.8) is 0 Å². The lowest BCUT2D eigenvalue weighted by Gasteiger charge is -2.01. The summed E-state index contributed by atoms with van der Waals surface area (Å²) in [5.74, 6) is 0.779. The third kappa shape index (κ3) is 1.61. The molecule has 4 nitrogen and oxygen atoms in total. The Morgan fingerprint density at radius 3 is 2.93 bits per heavy atom. The second-order valence-electron chi connectivity index (χ2n) is 3.40. The van der Waals surface area contributed by atoms with Gasteiger partial charge in [0.1, 0.15) is 0 Å². The maximum absolute atomic E-state index is 4.24.